The number of hydrogen-bond donors (Lipinski definition) is 2. The molecular weight excluding hydrogens is 328 g/mol. The molecule has 0 heterocycles. The Kier molecular flexibility index (Phi) is 6.93. The van der Waals surface area contributed by atoms with Crippen LogP contribution in [0.15, 0.2) is 42.5 Å². The fourth-order valence-corrected chi connectivity index (χ4v) is 1.99. The van der Waals surface area contributed by atoms with E-state index >= 15 is 0 Å². The molecule has 0 aliphatic rings. The van der Waals surface area contributed by atoms with Gasteiger partial charge in [-0.3, -0.25) is 0 Å². The Labute approximate surface area is 144 Å². The standard InChI is InChI=1S/C19H17F2NO3/c20-17-10-15(11-18(21)16(17)12-23)8-4-5-9-22-19(24)25-13-14-6-2-1-3-7-14/h1-3,6-7,10-11,23H,5,9,12-13H2,(H,22,24). The van der Waals surface area contributed by atoms with Gasteiger partial charge in [-0.25, -0.2) is 13.6 Å². The second-order valence-electron chi connectivity index (χ2n) is 5.12. The molecule has 4 nitrogen and oxygen atoms in total. The zero-order valence-corrected chi connectivity index (χ0v) is 13.4. The Bertz CT molecular complexity index is 759. The molecule has 2 aromatic rings. The smallest absolute Gasteiger partial charge is 0.407 e. The lowest BCUT2D eigenvalue weighted by Gasteiger charge is -2.05. The lowest BCUT2D eigenvalue weighted by molar-refractivity contribution is 0.140. The number of halogens is 2. The van der Waals surface area contributed by atoms with Crippen LogP contribution in [0.25, 0.3) is 0 Å². The molecule has 2 aromatic carbocycles. The summed E-state index contributed by atoms with van der Waals surface area (Å²) in [7, 11) is 0. The van der Waals surface area contributed by atoms with Crippen molar-refractivity contribution in [3.8, 4) is 11.8 Å². The molecule has 0 saturated heterocycles. The molecule has 2 rings (SSSR count). The van der Waals surface area contributed by atoms with Gasteiger partial charge >= 0.3 is 6.09 Å². The van der Waals surface area contributed by atoms with E-state index in [9.17, 15) is 13.6 Å². The number of carbonyl (C=O) groups excluding carboxylic acids is 1. The molecule has 130 valence electrons. The summed E-state index contributed by atoms with van der Waals surface area (Å²) in [4.78, 5) is 11.5. The Hall–Kier alpha value is -2.91. The summed E-state index contributed by atoms with van der Waals surface area (Å²) >= 11 is 0. The number of alkyl carbamates (subject to hydrolysis) is 1. The molecule has 0 radical (unpaired) electrons. The third-order valence-corrected chi connectivity index (χ3v) is 3.26. The lowest BCUT2D eigenvalue weighted by Crippen LogP contribution is -2.24. The van der Waals surface area contributed by atoms with Crippen LogP contribution in [0.4, 0.5) is 13.6 Å². The van der Waals surface area contributed by atoms with E-state index < -0.39 is 24.3 Å². The minimum atomic E-state index is -0.839. The van der Waals surface area contributed by atoms with Gasteiger partial charge in [-0.2, -0.15) is 0 Å². The van der Waals surface area contributed by atoms with E-state index in [1.807, 2.05) is 30.3 Å². The van der Waals surface area contributed by atoms with Crippen molar-refractivity contribution in [3.63, 3.8) is 0 Å². The third kappa shape index (κ3) is 5.90. The van der Waals surface area contributed by atoms with Crippen LogP contribution in [0.3, 0.4) is 0 Å². The molecule has 0 aromatic heterocycles. The van der Waals surface area contributed by atoms with Crippen molar-refractivity contribution in [1.29, 1.82) is 0 Å². The van der Waals surface area contributed by atoms with E-state index in [2.05, 4.69) is 17.2 Å². The topological polar surface area (TPSA) is 58.6 Å². The van der Waals surface area contributed by atoms with Gasteiger partial charge in [0.05, 0.1) is 6.61 Å². The maximum Gasteiger partial charge on any atom is 0.407 e. The van der Waals surface area contributed by atoms with Crippen molar-refractivity contribution in [2.75, 3.05) is 6.54 Å². The number of benzene rings is 2. The van der Waals surface area contributed by atoms with Gasteiger partial charge in [0.2, 0.25) is 0 Å². The van der Waals surface area contributed by atoms with Crippen LogP contribution in [-0.2, 0) is 18.0 Å². The summed E-state index contributed by atoms with van der Waals surface area (Å²) in [6.07, 6.45) is -0.263. The van der Waals surface area contributed by atoms with Crippen LogP contribution in [0.1, 0.15) is 23.1 Å². The highest BCUT2D eigenvalue weighted by Gasteiger charge is 2.08. The second-order valence-corrected chi connectivity index (χ2v) is 5.12. The predicted molar refractivity (Wildman–Crippen MR) is 88.4 cm³/mol. The van der Waals surface area contributed by atoms with E-state index in [0.717, 1.165) is 17.7 Å². The van der Waals surface area contributed by atoms with Gasteiger partial charge in [0.15, 0.2) is 0 Å². The molecule has 0 fully saturated rings. The van der Waals surface area contributed by atoms with E-state index in [0.29, 0.717) is 6.42 Å². The van der Waals surface area contributed by atoms with Crippen LogP contribution in [0, 0.1) is 23.5 Å². The summed E-state index contributed by atoms with van der Waals surface area (Å²) < 4.78 is 32.0. The first-order valence-electron chi connectivity index (χ1n) is 7.62. The molecule has 0 unspecified atom stereocenters. The van der Waals surface area contributed by atoms with Crippen LogP contribution in [-0.4, -0.2) is 17.7 Å². The average molecular weight is 345 g/mol. The van der Waals surface area contributed by atoms with Crippen LogP contribution in [0.5, 0.6) is 0 Å². The normalized spacial score (nSPS) is 9.88. The highest BCUT2D eigenvalue weighted by molar-refractivity contribution is 5.67. The second kappa shape index (κ2) is 9.40. The van der Waals surface area contributed by atoms with Gasteiger partial charge in [0, 0.05) is 24.1 Å². The Morgan fingerprint density at radius 1 is 1.16 bits per heavy atom. The molecule has 25 heavy (non-hydrogen) atoms. The number of ether oxygens (including phenoxy) is 1. The summed E-state index contributed by atoms with van der Waals surface area (Å²) in [6.45, 7) is -0.283. The Balaban J connectivity index is 1.74. The zero-order chi connectivity index (χ0) is 18.1. The van der Waals surface area contributed by atoms with Gasteiger partial charge in [0.1, 0.15) is 18.2 Å². The number of amides is 1. The van der Waals surface area contributed by atoms with Gasteiger partial charge < -0.3 is 15.2 Å². The quantitative estimate of drug-likeness (QED) is 0.647. The van der Waals surface area contributed by atoms with Crippen molar-refractivity contribution in [1.82, 2.24) is 5.32 Å². The number of rotatable bonds is 5. The first-order valence-corrected chi connectivity index (χ1v) is 7.62. The first-order chi connectivity index (χ1) is 12.1. The van der Waals surface area contributed by atoms with Crippen LogP contribution >= 0.6 is 0 Å². The predicted octanol–water partition coefficient (Wildman–Crippen LogP) is 3.13. The van der Waals surface area contributed by atoms with Crippen LogP contribution in [0.2, 0.25) is 0 Å². The third-order valence-electron chi connectivity index (χ3n) is 3.26. The van der Waals surface area contributed by atoms with E-state index in [1.54, 1.807) is 0 Å². The molecule has 0 saturated carbocycles. The fourth-order valence-electron chi connectivity index (χ4n) is 1.99. The largest absolute Gasteiger partial charge is 0.445 e. The Morgan fingerprint density at radius 3 is 2.48 bits per heavy atom. The summed E-state index contributed by atoms with van der Waals surface area (Å²) in [5.41, 5.74) is 0.667. The van der Waals surface area contributed by atoms with Crippen molar-refractivity contribution in [2.45, 2.75) is 19.6 Å². The van der Waals surface area contributed by atoms with Crippen molar-refractivity contribution < 1.29 is 23.4 Å². The molecule has 0 aliphatic heterocycles. The van der Waals surface area contributed by atoms with Crippen molar-refractivity contribution in [2.24, 2.45) is 0 Å². The zero-order valence-electron chi connectivity index (χ0n) is 13.4. The van der Waals surface area contributed by atoms with E-state index in [1.165, 1.54) is 0 Å². The molecule has 1 amide bonds. The molecule has 0 atom stereocenters. The number of aliphatic hydroxyl groups is 1. The summed E-state index contributed by atoms with van der Waals surface area (Å²) in [5.74, 6) is 3.64. The highest BCUT2D eigenvalue weighted by Crippen LogP contribution is 2.14. The molecule has 6 heteroatoms. The van der Waals surface area contributed by atoms with Crippen molar-refractivity contribution >= 4 is 6.09 Å². The van der Waals surface area contributed by atoms with Crippen LogP contribution < -0.4 is 5.32 Å². The SMILES string of the molecule is O=C(NCCC#Cc1cc(F)c(CO)c(F)c1)OCc1ccccc1. The lowest BCUT2D eigenvalue weighted by atomic mass is 10.1. The maximum absolute atomic E-state index is 13.5. The molecule has 0 aliphatic carbocycles. The molecule has 2 N–H and O–H groups in total. The monoisotopic (exact) mass is 345 g/mol. The number of aliphatic hydroxyl groups excluding tert-OH is 1. The summed E-state index contributed by atoms with van der Waals surface area (Å²) in [5, 5.41) is 11.4. The minimum absolute atomic E-state index is 0.166. The number of nitrogens with one attached hydrogen (secondary N) is 1. The Morgan fingerprint density at radius 2 is 1.84 bits per heavy atom. The minimum Gasteiger partial charge on any atom is -0.445 e. The molecule has 0 bridgehead atoms. The highest BCUT2D eigenvalue weighted by atomic mass is 19.1. The average Bonchev–Trinajstić information content (AvgIpc) is 2.60. The van der Waals surface area contributed by atoms with Gasteiger partial charge in [-0.05, 0) is 17.7 Å². The molecular formula is C19H17F2NO3. The number of hydrogen-bond acceptors (Lipinski definition) is 3. The number of carbonyl (C=O) groups is 1. The first kappa shape index (κ1) is 18.4. The fraction of sp³-hybridized carbons (Fsp3) is 0.211. The maximum atomic E-state index is 13.5. The van der Waals surface area contributed by atoms with Crippen molar-refractivity contribution in [3.05, 3.63) is 70.8 Å². The van der Waals surface area contributed by atoms with Gasteiger partial charge in [0.25, 0.3) is 0 Å². The van der Waals surface area contributed by atoms with Gasteiger partial charge in [-0.1, -0.05) is 42.2 Å². The summed E-state index contributed by atoms with van der Waals surface area (Å²) in [6, 6.07) is 11.4. The van der Waals surface area contributed by atoms with E-state index in [4.69, 9.17) is 9.84 Å². The van der Waals surface area contributed by atoms with E-state index in [-0.39, 0.29) is 24.3 Å². The molecule has 0 spiro atoms. The van der Waals surface area contributed by atoms with Gasteiger partial charge in [-0.15, -0.1) is 0 Å².